The number of anilines is 1. The summed E-state index contributed by atoms with van der Waals surface area (Å²) in [6.45, 7) is 0. The minimum atomic E-state index is -2.36. The number of rotatable bonds is 12. The van der Waals surface area contributed by atoms with Gasteiger partial charge in [-0.25, -0.2) is 14.4 Å². The Balaban J connectivity index is 1.50. The second kappa shape index (κ2) is 15.4. The third kappa shape index (κ3) is 8.72. The van der Waals surface area contributed by atoms with Crippen LogP contribution in [0.25, 0.3) is 0 Å². The summed E-state index contributed by atoms with van der Waals surface area (Å²) in [6.07, 6.45) is -3.32. The van der Waals surface area contributed by atoms with E-state index in [4.69, 9.17) is 23.4 Å². The molecule has 1 aromatic heterocycles. The van der Waals surface area contributed by atoms with Crippen LogP contribution in [-0.2, 0) is 19.1 Å². The molecule has 3 amide bonds. The Morgan fingerprint density at radius 2 is 1.23 bits per heavy atom. The van der Waals surface area contributed by atoms with Gasteiger partial charge in [-0.15, -0.1) is 0 Å². The summed E-state index contributed by atoms with van der Waals surface area (Å²) in [5.41, 5.74) is 4.19. The lowest BCUT2D eigenvalue weighted by Crippen LogP contribution is -2.54. The van der Waals surface area contributed by atoms with Crippen molar-refractivity contribution in [2.75, 3.05) is 19.5 Å². The van der Waals surface area contributed by atoms with Crippen LogP contribution in [0.2, 0.25) is 0 Å². The fraction of sp³-hybridized carbons (Fsp3) is 0.125. The van der Waals surface area contributed by atoms with Crippen molar-refractivity contribution in [1.82, 2.24) is 10.9 Å². The van der Waals surface area contributed by atoms with E-state index in [-0.39, 0.29) is 33.9 Å². The number of hydrogen-bond acceptors (Lipinski definition) is 11. The zero-order chi connectivity index (χ0) is 33.9. The number of benzene rings is 3. The molecular formula is C32H27N3O12. The molecule has 0 spiro atoms. The predicted molar refractivity (Wildman–Crippen MR) is 161 cm³/mol. The summed E-state index contributed by atoms with van der Waals surface area (Å²) in [6, 6.07) is 19.6. The molecule has 0 aliphatic carbocycles. The molecule has 0 radical (unpaired) electrons. The van der Waals surface area contributed by atoms with E-state index in [0.717, 1.165) is 0 Å². The fourth-order valence-corrected chi connectivity index (χ4v) is 3.93. The Morgan fingerprint density at radius 1 is 0.660 bits per heavy atom. The van der Waals surface area contributed by atoms with Crippen LogP contribution >= 0.6 is 0 Å². The molecule has 4 aromatic rings. The molecule has 0 saturated carbocycles. The molecule has 0 saturated heterocycles. The van der Waals surface area contributed by atoms with Crippen LogP contribution in [0.1, 0.15) is 41.6 Å². The number of carboxylic acid groups (broad SMARTS) is 1. The topological polar surface area (TPSA) is 209 Å². The molecule has 47 heavy (non-hydrogen) atoms. The van der Waals surface area contributed by atoms with Gasteiger partial charge in [0.2, 0.25) is 12.2 Å². The molecule has 1 heterocycles. The number of carboxylic acids is 1. The standard InChI is InChI=1S/C32H27N3O12/c1-43-22-8-3-6-19(16-22)31(41)46-25(26(30(39)40)47-32(42)20-7-4-9-23(17-20)44-2)29(38)35-34-27(36)18-11-13-21(14-12-18)33-28(37)24-10-5-15-45-24/h3-17,25-26H,1-2H3,(H,33,37)(H,34,36)(H,35,38)(H,39,40)/t25-,26-/m0/s1. The zero-order valence-electron chi connectivity index (χ0n) is 24.8. The van der Waals surface area contributed by atoms with Gasteiger partial charge in [0.1, 0.15) is 11.5 Å². The van der Waals surface area contributed by atoms with Gasteiger partial charge in [-0.05, 0) is 72.8 Å². The number of esters is 2. The van der Waals surface area contributed by atoms with Crippen molar-refractivity contribution in [1.29, 1.82) is 0 Å². The van der Waals surface area contributed by atoms with Gasteiger partial charge in [-0.1, -0.05) is 12.1 Å². The van der Waals surface area contributed by atoms with Crippen molar-refractivity contribution in [2.24, 2.45) is 0 Å². The van der Waals surface area contributed by atoms with Crippen molar-refractivity contribution in [3.63, 3.8) is 0 Å². The summed E-state index contributed by atoms with van der Waals surface area (Å²) in [7, 11) is 2.71. The van der Waals surface area contributed by atoms with Crippen LogP contribution in [-0.4, -0.2) is 67.2 Å². The first-order valence-corrected chi connectivity index (χ1v) is 13.6. The number of nitrogens with one attached hydrogen (secondary N) is 3. The van der Waals surface area contributed by atoms with Crippen molar-refractivity contribution in [3.8, 4) is 11.5 Å². The number of amides is 3. The van der Waals surface area contributed by atoms with Gasteiger partial charge in [0, 0.05) is 11.3 Å². The summed E-state index contributed by atoms with van der Waals surface area (Å²) in [4.78, 5) is 76.4. The lowest BCUT2D eigenvalue weighted by Gasteiger charge is -2.23. The van der Waals surface area contributed by atoms with Crippen molar-refractivity contribution >= 4 is 41.3 Å². The van der Waals surface area contributed by atoms with Crippen molar-refractivity contribution < 1.29 is 57.2 Å². The maximum atomic E-state index is 13.3. The Morgan fingerprint density at radius 3 is 1.74 bits per heavy atom. The molecule has 3 aromatic carbocycles. The third-order valence-electron chi connectivity index (χ3n) is 6.30. The van der Waals surface area contributed by atoms with E-state index in [1.807, 2.05) is 5.43 Å². The predicted octanol–water partition coefficient (Wildman–Crippen LogP) is 2.85. The quantitative estimate of drug-likeness (QED) is 0.130. The molecule has 0 aliphatic heterocycles. The second-order valence-electron chi connectivity index (χ2n) is 9.41. The average Bonchev–Trinajstić information content (AvgIpc) is 3.64. The van der Waals surface area contributed by atoms with Gasteiger partial charge in [-0.3, -0.25) is 25.2 Å². The highest BCUT2D eigenvalue weighted by atomic mass is 16.6. The molecule has 4 rings (SSSR count). The molecule has 0 fully saturated rings. The Kier molecular flexibility index (Phi) is 10.9. The average molecular weight is 646 g/mol. The zero-order valence-corrected chi connectivity index (χ0v) is 24.8. The molecule has 15 nitrogen and oxygen atoms in total. The first-order chi connectivity index (χ1) is 22.6. The Labute approximate surface area is 266 Å². The van der Waals surface area contributed by atoms with Gasteiger partial charge < -0.3 is 33.8 Å². The Hall–Kier alpha value is -6.64. The van der Waals surface area contributed by atoms with Crippen molar-refractivity contribution in [2.45, 2.75) is 12.2 Å². The lowest BCUT2D eigenvalue weighted by atomic mass is 10.1. The van der Waals surface area contributed by atoms with E-state index < -0.39 is 47.8 Å². The van der Waals surface area contributed by atoms with Crippen molar-refractivity contribution in [3.05, 3.63) is 114 Å². The van der Waals surface area contributed by atoms with Crippen LogP contribution < -0.4 is 25.6 Å². The first kappa shape index (κ1) is 33.3. The van der Waals surface area contributed by atoms with Crippen LogP contribution in [0.3, 0.4) is 0 Å². The molecule has 2 atom stereocenters. The molecule has 0 aliphatic rings. The van der Waals surface area contributed by atoms with Gasteiger partial charge in [-0.2, -0.15) is 0 Å². The van der Waals surface area contributed by atoms with E-state index in [1.54, 1.807) is 6.07 Å². The maximum Gasteiger partial charge on any atom is 0.349 e. The van der Waals surface area contributed by atoms with Gasteiger partial charge >= 0.3 is 17.9 Å². The summed E-state index contributed by atoms with van der Waals surface area (Å²) < 4.78 is 25.5. The van der Waals surface area contributed by atoms with E-state index >= 15 is 0 Å². The summed E-state index contributed by atoms with van der Waals surface area (Å²) in [5.74, 6) is -6.29. The maximum absolute atomic E-state index is 13.3. The molecule has 0 bridgehead atoms. The largest absolute Gasteiger partial charge is 0.497 e. The number of carbonyl (C=O) groups is 6. The second-order valence-corrected chi connectivity index (χ2v) is 9.41. The van der Waals surface area contributed by atoms with Gasteiger partial charge in [0.15, 0.2) is 5.76 Å². The molecule has 242 valence electrons. The molecular weight excluding hydrogens is 618 g/mol. The normalized spacial score (nSPS) is 11.6. The van der Waals surface area contributed by atoms with E-state index in [2.05, 4.69) is 10.7 Å². The summed E-state index contributed by atoms with van der Waals surface area (Å²) >= 11 is 0. The summed E-state index contributed by atoms with van der Waals surface area (Å²) in [5, 5.41) is 12.5. The number of methoxy groups -OCH3 is 2. The third-order valence-corrected chi connectivity index (χ3v) is 6.30. The molecule has 4 N–H and O–H groups in total. The highest BCUT2D eigenvalue weighted by molar-refractivity contribution is 6.03. The highest BCUT2D eigenvalue weighted by Crippen LogP contribution is 2.19. The molecule has 15 heteroatoms. The number of hydrazine groups is 1. The monoisotopic (exact) mass is 645 g/mol. The number of furan rings is 1. The van der Waals surface area contributed by atoms with Gasteiger partial charge in [0.05, 0.1) is 31.6 Å². The SMILES string of the molecule is COc1cccc(C(=O)O[C@H](C(=O)O)[C@H](OC(=O)c2cccc(OC)c2)C(=O)NNC(=O)c2ccc(NC(=O)c3ccco3)cc2)c1. The van der Waals surface area contributed by atoms with Gasteiger partial charge in [0.25, 0.3) is 17.7 Å². The van der Waals surface area contributed by atoms with E-state index in [0.29, 0.717) is 5.69 Å². The number of carbonyl (C=O) groups excluding carboxylic acids is 5. The highest BCUT2D eigenvalue weighted by Gasteiger charge is 2.41. The minimum Gasteiger partial charge on any atom is -0.497 e. The van der Waals surface area contributed by atoms with Crippen LogP contribution in [0, 0.1) is 0 Å². The lowest BCUT2D eigenvalue weighted by molar-refractivity contribution is -0.159. The van der Waals surface area contributed by atoms with Crippen LogP contribution in [0.5, 0.6) is 11.5 Å². The number of hydrogen-bond donors (Lipinski definition) is 4. The number of ether oxygens (including phenoxy) is 4. The van der Waals surface area contributed by atoms with E-state index in [9.17, 15) is 33.9 Å². The van der Waals surface area contributed by atoms with Crippen LogP contribution in [0.4, 0.5) is 5.69 Å². The van der Waals surface area contributed by atoms with E-state index in [1.165, 1.54) is 99.3 Å². The Bertz CT molecular complexity index is 1770. The van der Waals surface area contributed by atoms with Crippen LogP contribution in [0.15, 0.2) is 95.6 Å². The molecule has 0 unspecified atom stereocenters. The first-order valence-electron chi connectivity index (χ1n) is 13.6. The smallest absolute Gasteiger partial charge is 0.349 e. The minimum absolute atomic E-state index is 0.0189. The fourth-order valence-electron chi connectivity index (χ4n) is 3.93. The number of aliphatic carboxylic acids is 1.